The van der Waals surface area contributed by atoms with Gasteiger partial charge in [0.15, 0.2) is 0 Å². The van der Waals surface area contributed by atoms with Crippen LogP contribution in [0.1, 0.15) is 17.1 Å². The van der Waals surface area contributed by atoms with E-state index in [9.17, 15) is 0 Å². The van der Waals surface area contributed by atoms with Crippen LogP contribution in [0.5, 0.6) is 5.75 Å². The van der Waals surface area contributed by atoms with E-state index >= 15 is 0 Å². The lowest BCUT2D eigenvalue weighted by atomic mass is 10.0. The molecule has 3 aromatic rings. The van der Waals surface area contributed by atoms with Crippen LogP contribution in [0.3, 0.4) is 0 Å². The van der Waals surface area contributed by atoms with Crippen molar-refractivity contribution in [3.63, 3.8) is 0 Å². The number of benzene rings is 2. The molecule has 0 aliphatic carbocycles. The monoisotopic (exact) mass is 291 g/mol. The maximum Gasteiger partial charge on any atom is 0.267 e. The number of nitrogens with zero attached hydrogens (tertiary/aromatic N) is 2. The van der Waals surface area contributed by atoms with Crippen molar-refractivity contribution in [2.45, 2.75) is 19.8 Å². The number of hydrogen-bond acceptors (Lipinski definition) is 1. The van der Waals surface area contributed by atoms with E-state index in [4.69, 9.17) is 4.74 Å². The van der Waals surface area contributed by atoms with Gasteiger partial charge in [-0.05, 0) is 42.3 Å². The Morgan fingerprint density at radius 3 is 2.55 bits per heavy atom. The van der Waals surface area contributed by atoms with E-state index in [2.05, 4.69) is 58.7 Å². The molecule has 0 amide bonds. The number of aromatic nitrogens is 2. The van der Waals surface area contributed by atoms with Crippen LogP contribution in [-0.4, -0.2) is 11.7 Å². The van der Waals surface area contributed by atoms with Crippen molar-refractivity contribution in [2.24, 2.45) is 0 Å². The molecule has 2 heterocycles. The molecule has 1 aliphatic heterocycles. The zero-order valence-corrected chi connectivity index (χ0v) is 12.9. The van der Waals surface area contributed by atoms with Gasteiger partial charge in [0.05, 0.1) is 13.5 Å². The van der Waals surface area contributed by atoms with Crippen molar-refractivity contribution >= 4 is 0 Å². The van der Waals surface area contributed by atoms with Gasteiger partial charge in [-0.15, -0.1) is 0 Å². The molecule has 0 atom stereocenters. The summed E-state index contributed by atoms with van der Waals surface area (Å²) in [5.41, 5.74) is 5.16. The summed E-state index contributed by atoms with van der Waals surface area (Å²) in [6.07, 6.45) is 4.38. The van der Waals surface area contributed by atoms with E-state index in [1.54, 1.807) is 7.11 Å². The molecule has 0 spiro atoms. The van der Waals surface area contributed by atoms with E-state index in [-0.39, 0.29) is 0 Å². The van der Waals surface area contributed by atoms with E-state index in [1.807, 2.05) is 12.1 Å². The molecule has 0 saturated heterocycles. The molecule has 1 aliphatic rings. The number of ether oxygens (including phenoxy) is 1. The predicted octanol–water partition coefficient (Wildman–Crippen LogP) is 3.17. The maximum absolute atomic E-state index is 5.26. The zero-order chi connectivity index (χ0) is 15.1. The Kier molecular flexibility index (Phi) is 3.00. The molecule has 4 rings (SSSR count). The molecular weight excluding hydrogens is 272 g/mol. The summed E-state index contributed by atoms with van der Waals surface area (Å²) < 4.78 is 9.94. The Bertz CT molecular complexity index is 831. The highest BCUT2D eigenvalue weighted by atomic mass is 16.5. The summed E-state index contributed by atoms with van der Waals surface area (Å²) in [5.74, 6) is 2.22. The minimum atomic E-state index is 0.889. The van der Waals surface area contributed by atoms with Crippen molar-refractivity contribution in [1.82, 2.24) is 4.57 Å². The number of methoxy groups -OCH3 is 1. The van der Waals surface area contributed by atoms with Crippen molar-refractivity contribution in [3.8, 4) is 17.1 Å². The van der Waals surface area contributed by atoms with E-state index < -0.39 is 0 Å². The molecule has 22 heavy (non-hydrogen) atoms. The average Bonchev–Trinajstić information content (AvgIpc) is 2.91. The third kappa shape index (κ3) is 1.93. The van der Waals surface area contributed by atoms with Crippen molar-refractivity contribution in [3.05, 3.63) is 71.8 Å². The molecule has 110 valence electrons. The third-order valence-corrected chi connectivity index (χ3v) is 4.40. The van der Waals surface area contributed by atoms with Gasteiger partial charge in [-0.3, -0.25) is 0 Å². The van der Waals surface area contributed by atoms with Crippen LogP contribution >= 0.6 is 0 Å². The topological polar surface area (TPSA) is 18.0 Å². The highest BCUT2D eigenvalue weighted by Crippen LogP contribution is 2.23. The van der Waals surface area contributed by atoms with Gasteiger partial charge in [0.2, 0.25) is 0 Å². The van der Waals surface area contributed by atoms with E-state index in [0.717, 1.165) is 18.6 Å². The van der Waals surface area contributed by atoms with Gasteiger partial charge in [0.25, 0.3) is 5.82 Å². The fourth-order valence-corrected chi connectivity index (χ4v) is 3.36. The SMILES string of the molecule is COc1ccc(-n2c(C)c[n+]3c2CCc2ccccc2-3)cc1. The zero-order valence-electron chi connectivity index (χ0n) is 12.9. The molecule has 2 aromatic carbocycles. The second kappa shape index (κ2) is 5.02. The van der Waals surface area contributed by atoms with E-state index in [0.29, 0.717) is 0 Å². The lowest BCUT2D eigenvalue weighted by Gasteiger charge is -2.13. The van der Waals surface area contributed by atoms with Gasteiger partial charge in [0.1, 0.15) is 29.0 Å². The highest BCUT2D eigenvalue weighted by Gasteiger charge is 2.28. The number of rotatable bonds is 2. The Labute approximate surface area is 130 Å². The van der Waals surface area contributed by atoms with Gasteiger partial charge < -0.3 is 4.74 Å². The molecule has 0 unspecified atom stereocenters. The van der Waals surface area contributed by atoms with Gasteiger partial charge in [-0.1, -0.05) is 18.2 Å². The van der Waals surface area contributed by atoms with E-state index in [1.165, 1.54) is 28.5 Å². The fraction of sp³-hybridized carbons (Fsp3) is 0.211. The standard InChI is InChI=1S/C19H19N2O/c1-14-13-20-18-6-4-3-5-15(18)7-12-19(20)21(14)16-8-10-17(22-2)11-9-16/h3-6,8-11,13H,7,12H2,1-2H3/q+1. The molecule has 1 aromatic heterocycles. The lowest BCUT2D eigenvalue weighted by molar-refractivity contribution is -0.606. The predicted molar refractivity (Wildman–Crippen MR) is 86.0 cm³/mol. The third-order valence-electron chi connectivity index (χ3n) is 4.40. The summed E-state index contributed by atoms with van der Waals surface area (Å²) in [6.45, 7) is 2.16. The average molecular weight is 291 g/mol. The quantitative estimate of drug-likeness (QED) is 0.663. The lowest BCUT2D eigenvalue weighted by Crippen LogP contribution is -2.39. The molecule has 0 fully saturated rings. The first kappa shape index (κ1) is 13.1. The molecule has 0 saturated carbocycles. The van der Waals surface area contributed by atoms with Crippen LogP contribution in [-0.2, 0) is 12.8 Å². The molecule has 0 bridgehead atoms. The van der Waals surface area contributed by atoms with Crippen LogP contribution in [0, 0.1) is 6.92 Å². The van der Waals surface area contributed by atoms with Crippen LogP contribution < -0.4 is 9.30 Å². The minimum absolute atomic E-state index is 0.889. The largest absolute Gasteiger partial charge is 0.497 e. The Morgan fingerprint density at radius 2 is 1.77 bits per heavy atom. The summed E-state index contributed by atoms with van der Waals surface area (Å²) >= 11 is 0. The fourth-order valence-electron chi connectivity index (χ4n) is 3.36. The Balaban J connectivity index is 1.88. The second-order valence-corrected chi connectivity index (χ2v) is 5.72. The Hall–Kier alpha value is -2.55. The first-order valence-electron chi connectivity index (χ1n) is 7.63. The molecule has 3 heteroatoms. The second-order valence-electron chi connectivity index (χ2n) is 5.72. The maximum atomic E-state index is 5.26. The first-order valence-corrected chi connectivity index (χ1v) is 7.63. The number of aryl methyl sites for hydroxylation is 2. The molecule has 0 N–H and O–H groups in total. The number of para-hydroxylation sites is 1. The van der Waals surface area contributed by atoms with Gasteiger partial charge in [-0.2, -0.15) is 9.13 Å². The van der Waals surface area contributed by atoms with Gasteiger partial charge in [-0.25, -0.2) is 0 Å². The minimum Gasteiger partial charge on any atom is -0.497 e. The summed E-state index contributed by atoms with van der Waals surface area (Å²) in [6, 6.07) is 16.9. The van der Waals surface area contributed by atoms with Crippen LogP contribution in [0.2, 0.25) is 0 Å². The van der Waals surface area contributed by atoms with Crippen LogP contribution in [0.15, 0.2) is 54.7 Å². The normalized spacial score (nSPS) is 12.6. The Morgan fingerprint density at radius 1 is 1.00 bits per heavy atom. The highest BCUT2D eigenvalue weighted by molar-refractivity contribution is 5.41. The van der Waals surface area contributed by atoms with Gasteiger partial charge >= 0.3 is 0 Å². The summed E-state index contributed by atoms with van der Waals surface area (Å²) in [5, 5.41) is 0. The number of fused-ring (bicyclic) bond motifs is 3. The first-order chi connectivity index (χ1) is 10.8. The molecular formula is C19H19N2O+. The number of hydrogen-bond donors (Lipinski definition) is 0. The molecule has 0 radical (unpaired) electrons. The summed E-state index contributed by atoms with van der Waals surface area (Å²) in [4.78, 5) is 0. The van der Waals surface area contributed by atoms with Crippen LogP contribution in [0.25, 0.3) is 11.4 Å². The van der Waals surface area contributed by atoms with Crippen LogP contribution in [0.4, 0.5) is 0 Å². The number of imidazole rings is 1. The molecule has 3 nitrogen and oxygen atoms in total. The van der Waals surface area contributed by atoms with Crippen molar-refractivity contribution in [2.75, 3.05) is 7.11 Å². The van der Waals surface area contributed by atoms with Crippen molar-refractivity contribution in [1.29, 1.82) is 0 Å². The van der Waals surface area contributed by atoms with Gasteiger partial charge in [0, 0.05) is 6.92 Å². The summed E-state index contributed by atoms with van der Waals surface area (Å²) in [7, 11) is 1.70. The smallest absolute Gasteiger partial charge is 0.267 e. The van der Waals surface area contributed by atoms with Crippen molar-refractivity contribution < 1.29 is 9.30 Å².